The van der Waals surface area contributed by atoms with Crippen LogP contribution in [0.3, 0.4) is 0 Å². The van der Waals surface area contributed by atoms with Crippen molar-refractivity contribution in [2.24, 2.45) is 11.7 Å². The topological polar surface area (TPSA) is 68.0 Å². The molecule has 20 heavy (non-hydrogen) atoms. The summed E-state index contributed by atoms with van der Waals surface area (Å²) in [4.78, 5) is 16.4. The minimum atomic E-state index is -0.617. The average Bonchev–Trinajstić information content (AvgIpc) is 3.20. The highest BCUT2D eigenvalue weighted by Crippen LogP contribution is 2.42. The Morgan fingerprint density at radius 1 is 1.60 bits per heavy atom. The summed E-state index contributed by atoms with van der Waals surface area (Å²) in [5, 5.41) is 4.31. The van der Waals surface area contributed by atoms with Crippen LogP contribution in [0.2, 0.25) is 0 Å². The molecule has 1 unspecified atom stereocenters. The Kier molecular flexibility index (Phi) is 5.09. The van der Waals surface area contributed by atoms with E-state index in [-0.39, 0.29) is 11.9 Å². The number of rotatable bonds is 7. The lowest BCUT2D eigenvalue weighted by molar-refractivity contribution is -0.124. The van der Waals surface area contributed by atoms with Gasteiger partial charge in [0.15, 0.2) is 0 Å². The SMILES string of the molecule is CC(C)NC(CSc1ccc(Br)cn1)(C(N)=O)C1CC1. The maximum absolute atomic E-state index is 12.0. The van der Waals surface area contributed by atoms with Gasteiger partial charge in [0.05, 0.1) is 5.03 Å². The third-order valence-corrected chi connectivity index (χ3v) is 5.01. The van der Waals surface area contributed by atoms with E-state index in [2.05, 4.69) is 26.2 Å². The number of nitrogens with one attached hydrogen (secondary N) is 1. The molecule has 1 aliphatic carbocycles. The number of thioether (sulfide) groups is 1. The molecule has 0 aromatic carbocycles. The largest absolute Gasteiger partial charge is 0.368 e. The van der Waals surface area contributed by atoms with Gasteiger partial charge in [0.25, 0.3) is 0 Å². The van der Waals surface area contributed by atoms with Crippen molar-refractivity contribution in [2.75, 3.05) is 5.75 Å². The van der Waals surface area contributed by atoms with Crippen LogP contribution in [-0.2, 0) is 4.79 Å². The molecule has 1 aromatic rings. The predicted octanol–water partition coefficient (Wildman–Crippen LogP) is 2.57. The van der Waals surface area contributed by atoms with Gasteiger partial charge in [-0.1, -0.05) is 0 Å². The van der Waals surface area contributed by atoms with Gasteiger partial charge in [0.2, 0.25) is 5.91 Å². The van der Waals surface area contributed by atoms with Gasteiger partial charge in [-0.15, -0.1) is 11.8 Å². The molecule has 1 heterocycles. The molecule has 1 amide bonds. The fourth-order valence-electron chi connectivity index (χ4n) is 2.35. The van der Waals surface area contributed by atoms with Crippen LogP contribution in [0.4, 0.5) is 0 Å². The maximum atomic E-state index is 12.0. The molecule has 1 aliphatic rings. The molecule has 3 N–H and O–H groups in total. The first kappa shape index (κ1) is 15.8. The Hall–Kier alpha value is -0.590. The summed E-state index contributed by atoms with van der Waals surface area (Å²) in [7, 11) is 0. The lowest BCUT2D eigenvalue weighted by Crippen LogP contribution is -2.61. The molecular formula is C14H20BrN3OS. The second kappa shape index (κ2) is 6.45. The number of halogens is 1. The van der Waals surface area contributed by atoms with Crippen LogP contribution >= 0.6 is 27.7 Å². The minimum absolute atomic E-state index is 0.224. The monoisotopic (exact) mass is 357 g/mol. The van der Waals surface area contributed by atoms with Gasteiger partial charge < -0.3 is 11.1 Å². The fourth-order valence-corrected chi connectivity index (χ4v) is 3.71. The van der Waals surface area contributed by atoms with Gasteiger partial charge in [0.1, 0.15) is 5.54 Å². The van der Waals surface area contributed by atoms with Crippen molar-refractivity contribution in [1.82, 2.24) is 10.3 Å². The second-order valence-corrected chi connectivity index (χ2v) is 7.42. The van der Waals surface area contributed by atoms with Crippen molar-refractivity contribution < 1.29 is 4.79 Å². The van der Waals surface area contributed by atoms with E-state index in [9.17, 15) is 4.79 Å². The molecule has 1 atom stereocenters. The van der Waals surface area contributed by atoms with Crippen LogP contribution in [0.15, 0.2) is 27.8 Å². The number of carbonyl (C=O) groups is 1. The summed E-state index contributed by atoms with van der Waals surface area (Å²) in [6.07, 6.45) is 3.90. The molecule has 2 rings (SSSR count). The molecule has 0 spiro atoms. The van der Waals surface area contributed by atoms with Gasteiger partial charge in [-0.05, 0) is 60.7 Å². The Balaban J connectivity index is 2.11. The highest BCUT2D eigenvalue weighted by Gasteiger charge is 2.50. The highest BCUT2D eigenvalue weighted by molar-refractivity contribution is 9.10. The lowest BCUT2D eigenvalue weighted by atomic mass is 9.93. The molecule has 0 radical (unpaired) electrons. The summed E-state index contributed by atoms with van der Waals surface area (Å²) in [6, 6.07) is 4.12. The number of aromatic nitrogens is 1. The molecule has 6 heteroatoms. The number of hydrogen-bond acceptors (Lipinski definition) is 4. The normalized spacial score (nSPS) is 18.0. The number of nitrogens with two attached hydrogens (primary N) is 1. The third-order valence-electron chi connectivity index (χ3n) is 3.41. The van der Waals surface area contributed by atoms with E-state index < -0.39 is 5.54 Å². The first-order chi connectivity index (χ1) is 9.44. The van der Waals surface area contributed by atoms with E-state index in [4.69, 9.17) is 5.73 Å². The van der Waals surface area contributed by atoms with E-state index in [1.807, 2.05) is 26.0 Å². The van der Waals surface area contributed by atoms with Crippen LogP contribution in [0.5, 0.6) is 0 Å². The molecule has 1 saturated carbocycles. The second-order valence-electron chi connectivity index (χ2n) is 5.51. The maximum Gasteiger partial charge on any atom is 0.238 e. The van der Waals surface area contributed by atoms with Crippen LogP contribution in [0.1, 0.15) is 26.7 Å². The zero-order chi connectivity index (χ0) is 14.8. The van der Waals surface area contributed by atoms with Crippen molar-refractivity contribution in [3.05, 3.63) is 22.8 Å². The molecule has 0 bridgehead atoms. The van der Waals surface area contributed by atoms with Crippen molar-refractivity contribution in [3.63, 3.8) is 0 Å². The predicted molar refractivity (Wildman–Crippen MR) is 85.6 cm³/mol. The lowest BCUT2D eigenvalue weighted by Gasteiger charge is -2.33. The van der Waals surface area contributed by atoms with Crippen molar-refractivity contribution in [3.8, 4) is 0 Å². The first-order valence-electron chi connectivity index (χ1n) is 6.76. The smallest absolute Gasteiger partial charge is 0.238 e. The standard InChI is InChI=1S/C14H20BrN3OS/c1-9(2)18-14(13(16)19,10-3-4-10)8-20-12-6-5-11(15)7-17-12/h5-7,9-10,18H,3-4,8H2,1-2H3,(H2,16,19). The Morgan fingerprint density at radius 2 is 2.30 bits per heavy atom. The number of carbonyl (C=O) groups excluding carboxylic acids is 1. The number of pyridine rings is 1. The molecule has 110 valence electrons. The first-order valence-corrected chi connectivity index (χ1v) is 8.54. The van der Waals surface area contributed by atoms with E-state index in [0.717, 1.165) is 22.3 Å². The van der Waals surface area contributed by atoms with E-state index in [1.165, 1.54) is 0 Å². The van der Waals surface area contributed by atoms with Gasteiger partial charge >= 0.3 is 0 Å². The average molecular weight is 358 g/mol. The summed E-state index contributed by atoms with van der Waals surface area (Å²) >= 11 is 4.95. The summed E-state index contributed by atoms with van der Waals surface area (Å²) in [5.41, 5.74) is 5.09. The van der Waals surface area contributed by atoms with Crippen LogP contribution in [0, 0.1) is 5.92 Å². The summed E-state index contributed by atoms with van der Waals surface area (Å²) < 4.78 is 0.950. The molecule has 1 aromatic heterocycles. The number of amides is 1. The quantitative estimate of drug-likeness (QED) is 0.735. The molecule has 4 nitrogen and oxygen atoms in total. The van der Waals surface area contributed by atoms with Crippen LogP contribution in [0.25, 0.3) is 0 Å². The van der Waals surface area contributed by atoms with Crippen molar-refractivity contribution >= 4 is 33.6 Å². The highest BCUT2D eigenvalue weighted by atomic mass is 79.9. The molecular weight excluding hydrogens is 338 g/mol. The Labute approximate surface area is 132 Å². The minimum Gasteiger partial charge on any atom is -0.368 e. The number of hydrogen-bond donors (Lipinski definition) is 2. The Morgan fingerprint density at radius 3 is 2.75 bits per heavy atom. The van der Waals surface area contributed by atoms with E-state index >= 15 is 0 Å². The number of nitrogens with zero attached hydrogens (tertiary/aromatic N) is 1. The van der Waals surface area contributed by atoms with E-state index in [1.54, 1.807) is 18.0 Å². The van der Waals surface area contributed by atoms with Crippen molar-refractivity contribution in [2.45, 2.75) is 43.3 Å². The molecule has 0 saturated heterocycles. The molecule has 0 aliphatic heterocycles. The van der Waals surface area contributed by atoms with E-state index in [0.29, 0.717) is 11.7 Å². The van der Waals surface area contributed by atoms with Crippen LogP contribution < -0.4 is 11.1 Å². The van der Waals surface area contributed by atoms with Gasteiger partial charge in [0, 0.05) is 22.5 Å². The fraction of sp³-hybridized carbons (Fsp3) is 0.571. The van der Waals surface area contributed by atoms with Gasteiger partial charge in [-0.2, -0.15) is 0 Å². The number of primary amides is 1. The van der Waals surface area contributed by atoms with Gasteiger partial charge in [-0.25, -0.2) is 4.98 Å². The summed E-state index contributed by atoms with van der Waals surface area (Å²) in [5.74, 6) is 0.725. The van der Waals surface area contributed by atoms with Crippen LogP contribution in [-0.4, -0.2) is 28.2 Å². The Bertz CT molecular complexity index is 476. The third kappa shape index (κ3) is 3.74. The molecule has 1 fully saturated rings. The zero-order valence-electron chi connectivity index (χ0n) is 11.7. The summed E-state index contributed by atoms with van der Waals surface area (Å²) in [6.45, 7) is 4.09. The van der Waals surface area contributed by atoms with Gasteiger partial charge in [-0.3, -0.25) is 4.79 Å². The zero-order valence-corrected chi connectivity index (χ0v) is 14.1. The van der Waals surface area contributed by atoms with Crippen molar-refractivity contribution in [1.29, 1.82) is 0 Å².